The van der Waals surface area contributed by atoms with Gasteiger partial charge in [-0.3, -0.25) is 0 Å². The Kier molecular flexibility index (Phi) is 10.1. The Morgan fingerprint density at radius 1 is 1.00 bits per heavy atom. The first kappa shape index (κ1) is 32.4. The van der Waals surface area contributed by atoms with E-state index in [-0.39, 0.29) is 36.0 Å². The normalized spacial score (nSPS) is 18.3. The molecular weight excluding hydrogens is 570 g/mol. The molecule has 230 valence electrons. The standard InChI is InChI=1S/C33H40F2N2O5Si/c1-7-27(36-39)32(38)42-28-18-24(31(30(35)29(28)34)37-19-22(2)41-23(3)20-37)21-40-43(33(4,5)6,25-14-10-8-11-15-25)26-16-12-9-13-17-26/h8-18,22-23,27H,7,19-21H2,1-6H3/t22-,23-,27?/m1/s1. The highest BCUT2D eigenvalue weighted by molar-refractivity contribution is 6.99. The summed E-state index contributed by atoms with van der Waals surface area (Å²) in [5, 5.41) is 4.46. The van der Waals surface area contributed by atoms with Crippen molar-refractivity contribution >= 4 is 30.3 Å². The van der Waals surface area contributed by atoms with Crippen LogP contribution in [0.3, 0.4) is 0 Å². The molecule has 3 aromatic carbocycles. The lowest BCUT2D eigenvalue weighted by Gasteiger charge is -2.43. The Labute approximate surface area is 253 Å². The predicted molar refractivity (Wildman–Crippen MR) is 166 cm³/mol. The number of nitrogens with zero attached hydrogens (tertiary/aromatic N) is 2. The molecule has 10 heteroatoms. The van der Waals surface area contributed by atoms with Crippen LogP contribution in [0.25, 0.3) is 0 Å². The highest BCUT2D eigenvalue weighted by Gasteiger charge is 2.50. The summed E-state index contributed by atoms with van der Waals surface area (Å²) in [4.78, 5) is 25.5. The van der Waals surface area contributed by atoms with Gasteiger partial charge in [0.2, 0.25) is 5.82 Å². The zero-order valence-electron chi connectivity index (χ0n) is 25.6. The third kappa shape index (κ3) is 6.71. The molecule has 0 spiro atoms. The second-order valence-corrected chi connectivity index (χ2v) is 16.4. The molecule has 43 heavy (non-hydrogen) atoms. The lowest BCUT2D eigenvalue weighted by molar-refractivity contribution is -0.136. The van der Waals surface area contributed by atoms with E-state index in [0.29, 0.717) is 18.7 Å². The van der Waals surface area contributed by atoms with E-state index < -0.39 is 37.7 Å². The van der Waals surface area contributed by atoms with E-state index in [1.165, 1.54) is 6.07 Å². The van der Waals surface area contributed by atoms with E-state index in [0.717, 1.165) is 10.4 Å². The van der Waals surface area contributed by atoms with Gasteiger partial charge in [0.15, 0.2) is 17.6 Å². The number of halogens is 2. The van der Waals surface area contributed by atoms with E-state index >= 15 is 8.78 Å². The zero-order valence-corrected chi connectivity index (χ0v) is 26.6. The van der Waals surface area contributed by atoms with Crippen LogP contribution < -0.4 is 20.0 Å². The summed E-state index contributed by atoms with van der Waals surface area (Å²) in [6.45, 7) is 12.3. The molecule has 1 unspecified atom stereocenters. The molecule has 3 atom stereocenters. The van der Waals surface area contributed by atoms with E-state index in [1.54, 1.807) is 11.8 Å². The SMILES string of the molecule is CCC(N=O)C(=O)Oc1cc(CO[Si](c2ccccc2)(c2ccccc2)C(C)(C)C)c(N2C[C@@H](C)O[C@H](C)C2)c(F)c1F. The van der Waals surface area contributed by atoms with Crippen LogP contribution >= 0.6 is 0 Å². The summed E-state index contributed by atoms with van der Waals surface area (Å²) in [7, 11) is -3.06. The largest absolute Gasteiger partial charge is 0.422 e. The van der Waals surface area contributed by atoms with Crippen molar-refractivity contribution in [3.63, 3.8) is 0 Å². The quantitative estimate of drug-likeness (QED) is 0.119. The fraction of sp³-hybridized carbons (Fsp3) is 0.424. The van der Waals surface area contributed by atoms with Gasteiger partial charge < -0.3 is 18.8 Å². The molecule has 1 heterocycles. The first-order chi connectivity index (χ1) is 20.4. The molecule has 3 aromatic rings. The highest BCUT2D eigenvalue weighted by Crippen LogP contribution is 2.40. The maximum absolute atomic E-state index is 16.1. The first-order valence-corrected chi connectivity index (χ1v) is 16.5. The van der Waals surface area contributed by atoms with E-state index in [9.17, 15) is 9.70 Å². The number of anilines is 1. The number of nitroso groups, excluding NO2 is 1. The number of hydrogen-bond acceptors (Lipinski definition) is 7. The van der Waals surface area contributed by atoms with Crippen molar-refractivity contribution in [2.24, 2.45) is 5.18 Å². The van der Waals surface area contributed by atoms with Gasteiger partial charge in [0.25, 0.3) is 8.32 Å². The highest BCUT2D eigenvalue weighted by atomic mass is 28.4. The maximum atomic E-state index is 16.1. The van der Waals surface area contributed by atoms with Crippen LogP contribution in [0.2, 0.25) is 5.04 Å². The molecule has 1 fully saturated rings. The van der Waals surface area contributed by atoms with Crippen LogP contribution in [0.5, 0.6) is 5.75 Å². The minimum atomic E-state index is -3.06. The number of carbonyl (C=O) groups is 1. The van der Waals surface area contributed by atoms with Gasteiger partial charge in [-0.1, -0.05) is 93.5 Å². The number of esters is 1. The summed E-state index contributed by atoms with van der Waals surface area (Å²) >= 11 is 0. The van der Waals surface area contributed by atoms with Crippen LogP contribution in [0.4, 0.5) is 14.5 Å². The lowest BCUT2D eigenvalue weighted by Crippen LogP contribution is -2.66. The summed E-state index contributed by atoms with van der Waals surface area (Å²) in [6.07, 6.45) is -0.381. The van der Waals surface area contributed by atoms with Gasteiger partial charge in [-0.15, -0.1) is 4.91 Å². The number of benzene rings is 3. The molecular formula is C33H40F2N2O5Si. The van der Waals surface area contributed by atoms with Crippen LogP contribution in [-0.2, 0) is 20.6 Å². The van der Waals surface area contributed by atoms with Gasteiger partial charge in [-0.25, -0.2) is 9.18 Å². The Morgan fingerprint density at radius 3 is 2.00 bits per heavy atom. The molecule has 0 N–H and O–H groups in total. The molecule has 1 aliphatic heterocycles. The molecule has 0 aromatic heterocycles. The third-order valence-electron chi connectivity index (χ3n) is 7.82. The summed E-state index contributed by atoms with van der Waals surface area (Å²) in [6, 6.07) is 19.9. The number of hydrogen-bond donors (Lipinski definition) is 0. The molecule has 0 aliphatic carbocycles. The molecule has 0 saturated carbocycles. The van der Waals surface area contributed by atoms with Crippen molar-refractivity contribution in [3.8, 4) is 5.75 Å². The Hall–Kier alpha value is -3.47. The van der Waals surface area contributed by atoms with E-state index in [2.05, 4.69) is 25.9 Å². The topological polar surface area (TPSA) is 77.4 Å². The summed E-state index contributed by atoms with van der Waals surface area (Å²) in [5.41, 5.74) is 0.362. The maximum Gasteiger partial charge on any atom is 0.340 e. The van der Waals surface area contributed by atoms with Crippen LogP contribution in [0, 0.1) is 16.5 Å². The van der Waals surface area contributed by atoms with Crippen molar-refractivity contribution in [2.45, 2.75) is 77.9 Å². The van der Waals surface area contributed by atoms with E-state index in [1.807, 2.05) is 74.5 Å². The Balaban J connectivity index is 1.87. The smallest absolute Gasteiger partial charge is 0.340 e. The van der Waals surface area contributed by atoms with Crippen LogP contribution in [0.15, 0.2) is 71.9 Å². The molecule has 1 aliphatic rings. The van der Waals surface area contributed by atoms with Gasteiger partial charge in [0.05, 0.1) is 24.5 Å². The van der Waals surface area contributed by atoms with Gasteiger partial charge in [-0.05, 0) is 41.7 Å². The van der Waals surface area contributed by atoms with Crippen molar-refractivity contribution in [1.29, 1.82) is 0 Å². The van der Waals surface area contributed by atoms with Gasteiger partial charge in [0, 0.05) is 18.7 Å². The number of rotatable bonds is 10. The van der Waals surface area contributed by atoms with Crippen LogP contribution in [-0.4, -0.2) is 45.6 Å². The van der Waals surface area contributed by atoms with E-state index in [4.69, 9.17) is 13.9 Å². The first-order valence-electron chi connectivity index (χ1n) is 14.6. The third-order valence-corrected chi connectivity index (χ3v) is 12.8. The number of ether oxygens (including phenoxy) is 2. The minimum absolute atomic E-state index is 0.0396. The van der Waals surface area contributed by atoms with Crippen molar-refractivity contribution in [2.75, 3.05) is 18.0 Å². The molecule has 7 nitrogen and oxygen atoms in total. The average molecular weight is 611 g/mol. The van der Waals surface area contributed by atoms with Crippen molar-refractivity contribution in [1.82, 2.24) is 0 Å². The second kappa shape index (κ2) is 13.4. The molecule has 0 amide bonds. The molecule has 4 rings (SSSR count). The van der Waals surface area contributed by atoms with Gasteiger partial charge in [-0.2, -0.15) is 4.39 Å². The zero-order chi connectivity index (χ0) is 31.4. The monoisotopic (exact) mass is 610 g/mol. The summed E-state index contributed by atoms with van der Waals surface area (Å²) < 4.78 is 49.8. The average Bonchev–Trinajstić information content (AvgIpc) is 2.96. The fourth-order valence-corrected chi connectivity index (χ4v) is 10.5. The Morgan fingerprint density at radius 2 is 1.53 bits per heavy atom. The number of carbonyl (C=O) groups excluding carboxylic acids is 1. The number of morpholine rings is 1. The van der Waals surface area contributed by atoms with Crippen molar-refractivity contribution < 1.29 is 27.5 Å². The molecule has 1 saturated heterocycles. The Bertz CT molecular complexity index is 1370. The van der Waals surface area contributed by atoms with Gasteiger partial charge in [0.1, 0.15) is 0 Å². The van der Waals surface area contributed by atoms with Crippen molar-refractivity contribution in [3.05, 3.63) is 88.8 Å². The minimum Gasteiger partial charge on any atom is -0.422 e. The van der Waals surface area contributed by atoms with Gasteiger partial charge >= 0.3 is 5.97 Å². The molecule has 0 bridgehead atoms. The second-order valence-electron chi connectivity index (χ2n) is 12.1. The summed E-state index contributed by atoms with van der Waals surface area (Å²) in [5.74, 6) is -4.12. The fourth-order valence-electron chi connectivity index (χ4n) is 5.94. The molecule has 0 radical (unpaired) electrons. The lowest BCUT2D eigenvalue weighted by atomic mass is 10.1. The predicted octanol–water partition coefficient (Wildman–Crippen LogP) is 6.11. The van der Waals surface area contributed by atoms with Crippen LogP contribution in [0.1, 0.15) is 53.5 Å².